The van der Waals surface area contributed by atoms with Crippen LogP contribution in [0.2, 0.25) is 0 Å². The monoisotopic (exact) mass is 213 g/mol. The van der Waals surface area contributed by atoms with E-state index >= 15 is 0 Å². The van der Waals surface area contributed by atoms with E-state index in [9.17, 15) is 4.79 Å². The van der Waals surface area contributed by atoms with Crippen LogP contribution in [0.3, 0.4) is 0 Å². The van der Waals surface area contributed by atoms with Crippen LogP contribution in [-0.2, 0) is 4.79 Å². The summed E-state index contributed by atoms with van der Waals surface area (Å²) in [7, 11) is 1.98. The maximum Gasteiger partial charge on any atom is 0.234 e. The minimum atomic E-state index is 0.167. The number of likely N-dealkylation sites (tertiary alicyclic amines) is 1. The molecule has 0 saturated carbocycles. The Morgan fingerprint density at radius 1 is 1.53 bits per heavy atom. The molecule has 1 heterocycles. The third-order valence-corrected chi connectivity index (χ3v) is 2.90. The molecule has 1 aliphatic heterocycles. The Morgan fingerprint density at radius 2 is 2.33 bits per heavy atom. The van der Waals surface area contributed by atoms with Crippen LogP contribution in [0.15, 0.2) is 0 Å². The fourth-order valence-corrected chi connectivity index (χ4v) is 1.88. The van der Waals surface area contributed by atoms with Crippen molar-refractivity contribution in [1.82, 2.24) is 15.5 Å². The first-order chi connectivity index (χ1) is 7.26. The summed E-state index contributed by atoms with van der Waals surface area (Å²) in [5.41, 5.74) is 0. The molecule has 1 saturated heterocycles. The van der Waals surface area contributed by atoms with Gasteiger partial charge in [-0.25, -0.2) is 0 Å². The molecule has 0 bridgehead atoms. The highest BCUT2D eigenvalue weighted by molar-refractivity contribution is 5.78. The van der Waals surface area contributed by atoms with Gasteiger partial charge in [-0.3, -0.25) is 9.69 Å². The van der Waals surface area contributed by atoms with Gasteiger partial charge in [0.15, 0.2) is 0 Å². The second-order valence-electron chi connectivity index (χ2n) is 4.21. The summed E-state index contributed by atoms with van der Waals surface area (Å²) in [6.07, 6.45) is 3.36. The van der Waals surface area contributed by atoms with Gasteiger partial charge < -0.3 is 10.6 Å². The molecule has 1 rings (SSSR count). The van der Waals surface area contributed by atoms with Crippen LogP contribution in [-0.4, -0.2) is 50.1 Å². The Bertz CT molecular complexity index is 196. The second kappa shape index (κ2) is 6.80. The Balaban J connectivity index is 2.10. The molecule has 0 spiro atoms. The lowest BCUT2D eigenvalue weighted by atomic mass is 10.3. The molecule has 4 heteroatoms. The van der Waals surface area contributed by atoms with Crippen molar-refractivity contribution in [3.63, 3.8) is 0 Å². The highest BCUT2D eigenvalue weighted by atomic mass is 16.2. The Hall–Kier alpha value is -0.610. The molecule has 0 aliphatic carbocycles. The number of unbranched alkanes of at least 4 members (excludes halogenated alkanes) is 1. The highest BCUT2D eigenvalue weighted by Crippen LogP contribution is 2.07. The van der Waals surface area contributed by atoms with E-state index in [1.807, 2.05) is 7.05 Å². The van der Waals surface area contributed by atoms with Crippen molar-refractivity contribution in [2.24, 2.45) is 0 Å². The van der Waals surface area contributed by atoms with Gasteiger partial charge in [-0.15, -0.1) is 0 Å². The van der Waals surface area contributed by atoms with Crippen LogP contribution in [0.25, 0.3) is 0 Å². The summed E-state index contributed by atoms with van der Waals surface area (Å²) in [6.45, 7) is 5.54. The lowest BCUT2D eigenvalue weighted by Crippen LogP contribution is -2.38. The maximum atomic E-state index is 11.5. The van der Waals surface area contributed by atoms with Gasteiger partial charge in [0.25, 0.3) is 0 Å². The predicted octanol–water partition coefficient (Wildman–Crippen LogP) is 0.196. The normalized spacial score (nSPS) is 21.9. The molecule has 1 unspecified atom stereocenters. The van der Waals surface area contributed by atoms with Crippen LogP contribution in [0.1, 0.15) is 26.2 Å². The van der Waals surface area contributed by atoms with E-state index in [1.165, 1.54) is 0 Å². The fourth-order valence-electron chi connectivity index (χ4n) is 1.88. The quantitative estimate of drug-likeness (QED) is 0.619. The molecule has 4 nitrogen and oxygen atoms in total. The zero-order valence-corrected chi connectivity index (χ0v) is 9.88. The van der Waals surface area contributed by atoms with Crippen LogP contribution in [0.4, 0.5) is 0 Å². The number of rotatable bonds is 6. The zero-order valence-electron chi connectivity index (χ0n) is 9.88. The topological polar surface area (TPSA) is 44.4 Å². The van der Waals surface area contributed by atoms with Gasteiger partial charge in [-0.2, -0.15) is 0 Å². The molecule has 0 radical (unpaired) electrons. The van der Waals surface area contributed by atoms with Crippen molar-refractivity contribution in [2.75, 3.05) is 33.2 Å². The SMILES string of the molecule is CCCCNC(=O)CN1CCC(NC)C1. The summed E-state index contributed by atoms with van der Waals surface area (Å²) >= 11 is 0. The zero-order chi connectivity index (χ0) is 11.1. The fraction of sp³-hybridized carbons (Fsp3) is 0.909. The molecule has 0 aromatic heterocycles. The van der Waals surface area contributed by atoms with Crippen molar-refractivity contribution < 1.29 is 4.79 Å². The number of nitrogens with zero attached hydrogens (tertiary/aromatic N) is 1. The average Bonchev–Trinajstić information content (AvgIpc) is 2.66. The first-order valence-electron chi connectivity index (χ1n) is 5.92. The van der Waals surface area contributed by atoms with E-state index in [0.29, 0.717) is 12.6 Å². The second-order valence-corrected chi connectivity index (χ2v) is 4.21. The van der Waals surface area contributed by atoms with Gasteiger partial charge in [-0.1, -0.05) is 13.3 Å². The highest BCUT2D eigenvalue weighted by Gasteiger charge is 2.22. The van der Waals surface area contributed by atoms with Gasteiger partial charge in [0.05, 0.1) is 6.54 Å². The first kappa shape index (κ1) is 12.5. The van der Waals surface area contributed by atoms with E-state index in [2.05, 4.69) is 22.5 Å². The van der Waals surface area contributed by atoms with E-state index < -0.39 is 0 Å². The van der Waals surface area contributed by atoms with Crippen molar-refractivity contribution >= 4 is 5.91 Å². The molecular weight excluding hydrogens is 190 g/mol. The Morgan fingerprint density at radius 3 is 2.93 bits per heavy atom. The smallest absolute Gasteiger partial charge is 0.234 e. The number of amides is 1. The van der Waals surface area contributed by atoms with Crippen molar-refractivity contribution in [3.05, 3.63) is 0 Å². The Labute approximate surface area is 92.4 Å². The van der Waals surface area contributed by atoms with E-state index in [4.69, 9.17) is 0 Å². The molecule has 1 aliphatic rings. The number of likely N-dealkylation sites (N-methyl/N-ethyl adjacent to an activating group) is 1. The molecule has 1 amide bonds. The minimum absolute atomic E-state index is 0.167. The first-order valence-corrected chi connectivity index (χ1v) is 5.92. The number of carbonyl (C=O) groups is 1. The summed E-state index contributed by atoms with van der Waals surface area (Å²) in [5.74, 6) is 0.167. The summed E-state index contributed by atoms with van der Waals surface area (Å²) in [4.78, 5) is 13.7. The molecule has 1 atom stereocenters. The number of hydrogen-bond acceptors (Lipinski definition) is 3. The van der Waals surface area contributed by atoms with Crippen LogP contribution >= 0.6 is 0 Å². The summed E-state index contributed by atoms with van der Waals surface area (Å²) in [5, 5.41) is 6.19. The van der Waals surface area contributed by atoms with Crippen molar-refractivity contribution in [1.29, 1.82) is 0 Å². The van der Waals surface area contributed by atoms with Crippen molar-refractivity contribution in [3.8, 4) is 0 Å². The van der Waals surface area contributed by atoms with Crippen LogP contribution in [0, 0.1) is 0 Å². The van der Waals surface area contributed by atoms with E-state index in [-0.39, 0.29) is 5.91 Å². The minimum Gasteiger partial charge on any atom is -0.355 e. The van der Waals surface area contributed by atoms with Crippen molar-refractivity contribution in [2.45, 2.75) is 32.2 Å². The molecular formula is C11H23N3O. The third-order valence-electron chi connectivity index (χ3n) is 2.90. The van der Waals surface area contributed by atoms with Gasteiger partial charge >= 0.3 is 0 Å². The van der Waals surface area contributed by atoms with E-state index in [0.717, 1.165) is 38.9 Å². The number of hydrogen-bond donors (Lipinski definition) is 2. The lowest BCUT2D eigenvalue weighted by molar-refractivity contribution is -0.122. The molecule has 0 aromatic carbocycles. The van der Waals surface area contributed by atoms with Crippen LogP contribution in [0.5, 0.6) is 0 Å². The van der Waals surface area contributed by atoms with Gasteiger partial charge in [0.1, 0.15) is 0 Å². The summed E-state index contributed by atoms with van der Waals surface area (Å²) in [6, 6.07) is 0.563. The number of nitrogens with one attached hydrogen (secondary N) is 2. The molecule has 2 N–H and O–H groups in total. The predicted molar refractivity (Wildman–Crippen MR) is 61.8 cm³/mol. The van der Waals surface area contributed by atoms with E-state index in [1.54, 1.807) is 0 Å². The van der Waals surface area contributed by atoms with Gasteiger partial charge in [0.2, 0.25) is 5.91 Å². The summed E-state index contributed by atoms with van der Waals surface area (Å²) < 4.78 is 0. The lowest BCUT2D eigenvalue weighted by Gasteiger charge is -2.15. The Kier molecular flexibility index (Phi) is 5.65. The molecule has 0 aromatic rings. The van der Waals surface area contributed by atoms with Gasteiger partial charge in [0, 0.05) is 25.7 Å². The van der Waals surface area contributed by atoms with Crippen LogP contribution < -0.4 is 10.6 Å². The van der Waals surface area contributed by atoms with Gasteiger partial charge in [-0.05, 0) is 19.9 Å². The molecule has 1 fully saturated rings. The molecule has 88 valence electrons. The average molecular weight is 213 g/mol. The largest absolute Gasteiger partial charge is 0.355 e. The maximum absolute atomic E-state index is 11.5. The standard InChI is InChI=1S/C11H23N3O/c1-3-4-6-13-11(15)9-14-7-5-10(8-14)12-2/h10,12H,3-9H2,1-2H3,(H,13,15). The third kappa shape index (κ3) is 4.62. The number of carbonyl (C=O) groups excluding carboxylic acids is 1. The molecule has 15 heavy (non-hydrogen) atoms.